The monoisotopic (exact) mass is 424 g/mol. The highest BCUT2D eigenvalue weighted by atomic mass is 127. The minimum atomic E-state index is 0. The van der Waals surface area contributed by atoms with Crippen LogP contribution in [-0.4, -0.2) is 64.3 Å². The zero-order valence-electron chi connectivity index (χ0n) is 14.4. The second-order valence-corrected chi connectivity index (χ2v) is 6.68. The molecule has 0 radical (unpaired) electrons. The first-order chi connectivity index (χ1) is 10.2. The van der Waals surface area contributed by atoms with Gasteiger partial charge in [-0.1, -0.05) is 6.42 Å². The number of halogens is 1. The van der Waals surface area contributed by atoms with Crippen LogP contribution in [0.15, 0.2) is 4.99 Å². The zero-order chi connectivity index (χ0) is 15.1. The predicted molar refractivity (Wildman–Crippen MR) is 103 cm³/mol. The van der Waals surface area contributed by atoms with Crippen molar-refractivity contribution in [3.8, 4) is 0 Å². The molecule has 2 aliphatic rings. The number of nitrogens with one attached hydrogen (secondary N) is 2. The zero-order valence-corrected chi connectivity index (χ0v) is 16.7. The molecule has 0 aromatic heterocycles. The smallest absolute Gasteiger partial charge is 0.191 e. The summed E-state index contributed by atoms with van der Waals surface area (Å²) in [6.07, 6.45) is 7.73. The average molecular weight is 424 g/mol. The van der Waals surface area contributed by atoms with E-state index in [9.17, 15) is 0 Å². The van der Waals surface area contributed by atoms with E-state index in [4.69, 9.17) is 4.74 Å². The highest BCUT2D eigenvalue weighted by Crippen LogP contribution is 2.43. The van der Waals surface area contributed by atoms with Crippen LogP contribution >= 0.6 is 24.0 Å². The fourth-order valence-corrected chi connectivity index (χ4v) is 3.45. The van der Waals surface area contributed by atoms with Crippen LogP contribution in [0.4, 0.5) is 0 Å². The summed E-state index contributed by atoms with van der Waals surface area (Å²) >= 11 is 0. The summed E-state index contributed by atoms with van der Waals surface area (Å²) in [7, 11) is 5.86. The molecule has 1 atom stereocenters. The van der Waals surface area contributed by atoms with Crippen molar-refractivity contribution in [1.82, 2.24) is 15.5 Å². The van der Waals surface area contributed by atoms with E-state index in [-0.39, 0.29) is 24.0 Å². The van der Waals surface area contributed by atoms with Gasteiger partial charge in [0.25, 0.3) is 0 Å². The van der Waals surface area contributed by atoms with E-state index >= 15 is 0 Å². The van der Waals surface area contributed by atoms with Gasteiger partial charge in [-0.3, -0.25) is 4.99 Å². The third-order valence-corrected chi connectivity index (χ3v) is 5.28. The first-order valence-electron chi connectivity index (χ1n) is 8.33. The number of nitrogens with zero attached hydrogens (tertiary/aromatic N) is 2. The normalized spacial score (nSPS) is 24.5. The van der Waals surface area contributed by atoms with Crippen LogP contribution in [0.25, 0.3) is 0 Å². The Kier molecular flexibility index (Phi) is 9.01. The fraction of sp³-hybridized carbons (Fsp3) is 0.938. The third-order valence-electron chi connectivity index (χ3n) is 5.28. The average Bonchev–Trinajstić information content (AvgIpc) is 2.86. The Morgan fingerprint density at radius 2 is 2.09 bits per heavy atom. The lowest BCUT2D eigenvalue weighted by Crippen LogP contribution is -2.49. The maximum Gasteiger partial charge on any atom is 0.191 e. The molecule has 1 aliphatic heterocycles. The van der Waals surface area contributed by atoms with Gasteiger partial charge in [0, 0.05) is 39.9 Å². The Bertz CT molecular complexity index is 347. The second-order valence-electron chi connectivity index (χ2n) is 6.68. The van der Waals surface area contributed by atoms with Crippen molar-refractivity contribution in [2.45, 2.75) is 44.6 Å². The number of hydrogen-bond donors (Lipinski definition) is 2. The van der Waals surface area contributed by atoms with Crippen LogP contribution in [-0.2, 0) is 4.74 Å². The van der Waals surface area contributed by atoms with Gasteiger partial charge < -0.3 is 20.3 Å². The molecule has 22 heavy (non-hydrogen) atoms. The van der Waals surface area contributed by atoms with Crippen molar-refractivity contribution in [2.24, 2.45) is 10.4 Å². The number of likely N-dealkylation sites (N-methyl/N-ethyl adjacent to an activating group) is 1. The molecule has 0 amide bonds. The van der Waals surface area contributed by atoms with Gasteiger partial charge >= 0.3 is 0 Å². The van der Waals surface area contributed by atoms with Crippen LogP contribution in [0.2, 0.25) is 0 Å². The number of hydrogen-bond acceptors (Lipinski definition) is 3. The predicted octanol–water partition coefficient (Wildman–Crippen LogP) is 2.07. The molecular formula is C16H33IN4O. The van der Waals surface area contributed by atoms with E-state index in [0.717, 1.165) is 32.1 Å². The number of ether oxygens (including phenoxy) is 1. The standard InChI is InChI=1S/C16H32N4O.HI/c1-17-15(18-12-14-6-4-10-20(14)2)19-13-16(7-5-8-16)9-11-21-3;/h14H,4-13H2,1-3H3,(H2,17,18,19);1H. The molecule has 2 N–H and O–H groups in total. The molecule has 6 heteroatoms. The van der Waals surface area contributed by atoms with Gasteiger partial charge in [-0.25, -0.2) is 0 Å². The molecule has 1 aliphatic carbocycles. The van der Waals surface area contributed by atoms with Crippen molar-refractivity contribution >= 4 is 29.9 Å². The number of rotatable bonds is 7. The summed E-state index contributed by atoms with van der Waals surface area (Å²) in [6, 6.07) is 0.648. The number of guanidine groups is 1. The Hall–Kier alpha value is -0.0800. The Labute approximate surface area is 152 Å². The molecule has 2 fully saturated rings. The second kappa shape index (κ2) is 9.93. The lowest BCUT2D eigenvalue weighted by molar-refractivity contribution is 0.0732. The molecule has 1 unspecified atom stereocenters. The first-order valence-corrected chi connectivity index (χ1v) is 8.33. The molecule has 0 aromatic carbocycles. The summed E-state index contributed by atoms with van der Waals surface area (Å²) in [6.45, 7) is 4.08. The summed E-state index contributed by atoms with van der Waals surface area (Å²) in [5.41, 5.74) is 0.428. The Morgan fingerprint density at radius 1 is 1.32 bits per heavy atom. The van der Waals surface area contributed by atoms with Gasteiger partial charge in [-0.2, -0.15) is 0 Å². The minimum Gasteiger partial charge on any atom is -0.385 e. The van der Waals surface area contributed by atoms with Gasteiger partial charge in [0.15, 0.2) is 5.96 Å². The minimum absolute atomic E-state index is 0. The Balaban J connectivity index is 0.00000242. The van der Waals surface area contributed by atoms with Gasteiger partial charge in [0.05, 0.1) is 0 Å². The lowest BCUT2D eigenvalue weighted by Gasteiger charge is -2.42. The van der Waals surface area contributed by atoms with E-state index in [1.807, 2.05) is 7.05 Å². The lowest BCUT2D eigenvalue weighted by atomic mass is 9.67. The number of likely N-dealkylation sites (tertiary alicyclic amines) is 1. The molecule has 1 saturated carbocycles. The van der Waals surface area contributed by atoms with E-state index in [1.165, 1.54) is 38.6 Å². The highest BCUT2D eigenvalue weighted by molar-refractivity contribution is 14.0. The van der Waals surface area contributed by atoms with Gasteiger partial charge in [0.2, 0.25) is 0 Å². The largest absolute Gasteiger partial charge is 0.385 e. The molecular weight excluding hydrogens is 391 g/mol. The highest BCUT2D eigenvalue weighted by Gasteiger charge is 2.36. The van der Waals surface area contributed by atoms with Crippen LogP contribution in [0.1, 0.15) is 38.5 Å². The van der Waals surface area contributed by atoms with Crippen LogP contribution in [0.3, 0.4) is 0 Å². The summed E-state index contributed by atoms with van der Waals surface area (Å²) < 4.78 is 5.25. The summed E-state index contributed by atoms with van der Waals surface area (Å²) in [5, 5.41) is 7.01. The summed E-state index contributed by atoms with van der Waals surface area (Å²) in [5.74, 6) is 0.944. The van der Waals surface area contributed by atoms with Crippen LogP contribution in [0, 0.1) is 5.41 Å². The van der Waals surface area contributed by atoms with E-state index in [0.29, 0.717) is 11.5 Å². The van der Waals surface area contributed by atoms with Crippen molar-refractivity contribution in [3.63, 3.8) is 0 Å². The maximum atomic E-state index is 5.25. The SMILES string of the molecule is CN=C(NCC1CCCN1C)NCC1(CCOC)CCC1.I. The molecule has 5 nitrogen and oxygen atoms in total. The number of aliphatic imine (C=N–C) groups is 1. The van der Waals surface area contributed by atoms with Crippen LogP contribution in [0.5, 0.6) is 0 Å². The van der Waals surface area contributed by atoms with Gasteiger partial charge in [-0.15, -0.1) is 24.0 Å². The number of methoxy groups -OCH3 is 1. The van der Waals surface area contributed by atoms with Crippen molar-refractivity contribution < 1.29 is 4.74 Å². The maximum absolute atomic E-state index is 5.25. The van der Waals surface area contributed by atoms with E-state index in [2.05, 4.69) is 27.6 Å². The molecule has 0 aromatic rings. The van der Waals surface area contributed by atoms with E-state index < -0.39 is 0 Å². The van der Waals surface area contributed by atoms with E-state index in [1.54, 1.807) is 7.11 Å². The van der Waals surface area contributed by atoms with Crippen molar-refractivity contribution in [1.29, 1.82) is 0 Å². The van der Waals surface area contributed by atoms with Gasteiger partial charge in [-0.05, 0) is 51.1 Å². The van der Waals surface area contributed by atoms with Crippen molar-refractivity contribution in [2.75, 3.05) is 47.4 Å². The van der Waals surface area contributed by atoms with Crippen LogP contribution < -0.4 is 10.6 Å². The quantitative estimate of drug-likeness (QED) is 0.373. The molecule has 1 saturated heterocycles. The molecule has 2 rings (SSSR count). The van der Waals surface area contributed by atoms with Gasteiger partial charge in [0.1, 0.15) is 0 Å². The first kappa shape index (κ1) is 20.0. The fourth-order valence-electron chi connectivity index (χ4n) is 3.45. The third kappa shape index (κ3) is 5.53. The van der Waals surface area contributed by atoms with Crippen molar-refractivity contribution in [3.05, 3.63) is 0 Å². The molecule has 130 valence electrons. The Morgan fingerprint density at radius 3 is 2.59 bits per heavy atom. The topological polar surface area (TPSA) is 48.9 Å². The molecule has 0 bridgehead atoms. The molecule has 1 heterocycles. The molecule has 0 spiro atoms. The summed E-state index contributed by atoms with van der Waals surface area (Å²) in [4.78, 5) is 6.80.